The van der Waals surface area contributed by atoms with Crippen LogP contribution in [0.4, 0.5) is 0 Å². The van der Waals surface area contributed by atoms with Gasteiger partial charge < -0.3 is 4.74 Å². The zero-order valence-electron chi connectivity index (χ0n) is 4.05. The van der Waals surface area contributed by atoms with E-state index in [0.717, 1.165) is 11.7 Å². The predicted octanol–water partition coefficient (Wildman–Crippen LogP) is 0.897. The lowest BCUT2D eigenvalue weighted by Gasteiger charge is -1.90. The summed E-state index contributed by atoms with van der Waals surface area (Å²) >= 11 is 1.65. The Morgan fingerprint density at radius 1 is 2.00 bits per heavy atom. The molecule has 0 amide bonds. The monoisotopic (exact) mass is 116 g/mol. The summed E-state index contributed by atoms with van der Waals surface area (Å²) in [6, 6.07) is 0. The summed E-state index contributed by atoms with van der Waals surface area (Å²) in [7, 11) is 1.64. The van der Waals surface area contributed by atoms with Crippen LogP contribution >= 0.6 is 11.8 Å². The normalized spacial score (nSPS) is 19.3. The maximum atomic E-state index is 4.81. The van der Waals surface area contributed by atoms with E-state index in [4.69, 9.17) is 4.74 Å². The number of nitrogens with zero attached hydrogens (tertiary/aromatic N) is 1. The fraction of sp³-hybridized carbons (Fsp3) is 0.500. The molecule has 1 heterocycles. The van der Waals surface area contributed by atoms with E-state index >= 15 is 0 Å². The van der Waals surface area contributed by atoms with Crippen LogP contribution in [0.25, 0.3) is 0 Å². The number of rotatable bonds is 0. The molecular weight excluding hydrogens is 110 g/mol. The van der Waals surface area contributed by atoms with Crippen molar-refractivity contribution in [1.29, 1.82) is 0 Å². The average Bonchev–Trinajstić information content (AvgIpc) is 2.14. The summed E-state index contributed by atoms with van der Waals surface area (Å²) in [5.74, 6) is 3.51. The molecule has 0 bridgehead atoms. The van der Waals surface area contributed by atoms with E-state index in [2.05, 4.69) is 4.99 Å². The van der Waals surface area contributed by atoms with Gasteiger partial charge in [-0.05, 0) is 0 Å². The van der Waals surface area contributed by atoms with Crippen molar-refractivity contribution in [3.63, 3.8) is 0 Å². The van der Waals surface area contributed by atoms with Gasteiger partial charge in [0.05, 0.1) is 12.9 Å². The minimum Gasteiger partial charge on any atom is -0.484 e. The molecular formula is C4H6NOS. The first-order chi connectivity index (χ1) is 3.43. The van der Waals surface area contributed by atoms with Crippen LogP contribution in [0.15, 0.2) is 4.99 Å². The van der Waals surface area contributed by atoms with Crippen LogP contribution in [-0.4, -0.2) is 18.8 Å². The zero-order valence-corrected chi connectivity index (χ0v) is 4.86. The summed E-state index contributed by atoms with van der Waals surface area (Å²) in [5.41, 5.74) is 0. The number of hydrogen-bond acceptors (Lipinski definition) is 3. The molecule has 3 heteroatoms. The highest BCUT2D eigenvalue weighted by Gasteiger charge is 2.04. The maximum Gasteiger partial charge on any atom is 0.194 e. The van der Waals surface area contributed by atoms with Gasteiger partial charge in [-0.25, -0.2) is 4.99 Å². The standard InChI is InChI=1S/C4H6NOS/c1-6-4-2-7-3-5-4/h3H,2H2,1H3. The lowest BCUT2D eigenvalue weighted by molar-refractivity contribution is 0.402. The van der Waals surface area contributed by atoms with Crippen molar-refractivity contribution in [3.05, 3.63) is 5.88 Å². The zero-order chi connectivity index (χ0) is 5.11. The third-order valence-corrected chi connectivity index (χ3v) is 1.38. The van der Waals surface area contributed by atoms with E-state index in [1.54, 1.807) is 24.7 Å². The number of thioether (sulfide) groups is 1. The minimum atomic E-state index is 0.824. The number of ether oxygens (including phenoxy) is 1. The maximum absolute atomic E-state index is 4.81. The first-order valence-electron chi connectivity index (χ1n) is 1.97. The molecule has 0 N–H and O–H groups in total. The van der Waals surface area contributed by atoms with Gasteiger partial charge in [-0.1, -0.05) is 0 Å². The van der Waals surface area contributed by atoms with Crippen LogP contribution in [0.1, 0.15) is 0 Å². The summed E-state index contributed by atoms with van der Waals surface area (Å²) in [6.07, 6.45) is 0. The van der Waals surface area contributed by atoms with E-state index in [1.807, 2.05) is 0 Å². The second kappa shape index (κ2) is 2.21. The number of hydrogen-bond donors (Lipinski definition) is 0. The van der Waals surface area contributed by atoms with E-state index in [-0.39, 0.29) is 0 Å². The van der Waals surface area contributed by atoms with Gasteiger partial charge in [0.1, 0.15) is 5.88 Å². The van der Waals surface area contributed by atoms with Gasteiger partial charge in [-0.15, -0.1) is 11.8 Å². The second-order valence-corrected chi connectivity index (χ2v) is 1.98. The Bertz CT molecular complexity index is 91.7. The molecule has 0 aromatic rings. The third-order valence-electron chi connectivity index (χ3n) is 0.714. The second-order valence-electron chi connectivity index (χ2n) is 1.14. The minimum absolute atomic E-state index is 0.824. The van der Waals surface area contributed by atoms with Crippen LogP contribution < -0.4 is 0 Å². The van der Waals surface area contributed by atoms with Gasteiger partial charge in [0, 0.05) is 0 Å². The molecule has 0 spiro atoms. The molecule has 1 radical (unpaired) electrons. The van der Waals surface area contributed by atoms with E-state index < -0.39 is 0 Å². The van der Waals surface area contributed by atoms with Gasteiger partial charge in [0.15, 0.2) is 5.90 Å². The summed E-state index contributed by atoms with van der Waals surface area (Å²) in [6.45, 7) is 0. The third kappa shape index (κ3) is 1.09. The molecule has 7 heavy (non-hydrogen) atoms. The Balaban J connectivity index is 2.36. The van der Waals surface area contributed by atoms with Gasteiger partial charge in [0.25, 0.3) is 0 Å². The van der Waals surface area contributed by atoms with Crippen molar-refractivity contribution in [2.24, 2.45) is 4.99 Å². The topological polar surface area (TPSA) is 21.6 Å². The van der Waals surface area contributed by atoms with Crippen molar-refractivity contribution < 1.29 is 4.74 Å². The largest absolute Gasteiger partial charge is 0.484 e. The summed E-state index contributed by atoms with van der Waals surface area (Å²) < 4.78 is 4.81. The number of methoxy groups -OCH3 is 1. The Kier molecular flexibility index (Phi) is 1.57. The van der Waals surface area contributed by atoms with Gasteiger partial charge in [-0.2, -0.15) is 0 Å². The average molecular weight is 116 g/mol. The van der Waals surface area contributed by atoms with Crippen LogP contribution in [0.2, 0.25) is 0 Å². The lowest BCUT2D eigenvalue weighted by Crippen LogP contribution is -1.97. The molecule has 0 fully saturated rings. The molecule has 2 nitrogen and oxygen atoms in total. The smallest absolute Gasteiger partial charge is 0.194 e. The molecule has 39 valence electrons. The Morgan fingerprint density at radius 3 is 3.14 bits per heavy atom. The summed E-state index contributed by atoms with van der Waals surface area (Å²) in [4.78, 5) is 3.89. The quantitative estimate of drug-likeness (QED) is 0.469. The molecule has 0 aliphatic carbocycles. The lowest BCUT2D eigenvalue weighted by atomic mass is 10.8. The van der Waals surface area contributed by atoms with Crippen molar-refractivity contribution in [2.45, 2.75) is 0 Å². The fourth-order valence-corrected chi connectivity index (χ4v) is 0.955. The Hall–Kier alpha value is -0.180. The SMILES string of the molecule is COC1=N[CH]SC1. The molecule has 0 aromatic heterocycles. The van der Waals surface area contributed by atoms with Gasteiger partial charge >= 0.3 is 0 Å². The summed E-state index contributed by atoms with van der Waals surface area (Å²) in [5, 5.41) is 0. The Labute approximate surface area is 47.0 Å². The highest BCUT2D eigenvalue weighted by molar-refractivity contribution is 8.02. The van der Waals surface area contributed by atoms with Crippen molar-refractivity contribution in [2.75, 3.05) is 12.9 Å². The molecule has 0 aromatic carbocycles. The predicted molar refractivity (Wildman–Crippen MR) is 31.2 cm³/mol. The first kappa shape index (κ1) is 4.97. The highest BCUT2D eigenvalue weighted by Crippen LogP contribution is 2.14. The van der Waals surface area contributed by atoms with Gasteiger partial charge in [-0.3, -0.25) is 0 Å². The Morgan fingerprint density at radius 2 is 2.86 bits per heavy atom. The molecule has 1 aliphatic heterocycles. The van der Waals surface area contributed by atoms with Crippen molar-refractivity contribution in [1.82, 2.24) is 0 Å². The van der Waals surface area contributed by atoms with Crippen molar-refractivity contribution >= 4 is 17.7 Å². The van der Waals surface area contributed by atoms with E-state index in [0.29, 0.717) is 0 Å². The van der Waals surface area contributed by atoms with Crippen LogP contribution in [0.3, 0.4) is 0 Å². The molecule has 0 saturated heterocycles. The molecule has 0 unspecified atom stereocenters. The highest BCUT2D eigenvalue weighted by atomic mass is 32.2. The van der Waals surface area contributed by atoms with Crippen LogP contribution in [0, 0.1) is 5.88 Å². The van der Waals surface area contributed by atoms with E-state index in [9.17, 15) is 0 Å². The molecule has 0 saturated carbocycles. The van der Waals surface area contributed by atoms with Crippen LogP contribution in [0.5, 0.6) is 0 Å². The first-order valence-corrected chi connectivity index (χ1v) is 3.02. The number of aliphatic imine (C=N–C) groups is 1. The van der Waals surface area contributed by atoms with Gasteiger partial charge in [0.2, 0.25) is 0 Å². The van der Waals surface area contributed by atoms with Crippen molar-refractivity contribution in [3.8, 4) is 0 Å². The molecule has 0 atom stereocenters. The van der Waals surface area contributed by atoms with Crippen LogP contribution in [-0.2, 0) is 4.74 Å². The molecule has 1 aliphatic rings. The fourth-order valence-electron chi connectivity index (χ4n) is 0.354. The van der Waals surface area contributed by atoms with E-state index in [1.165, 1.54) is 0 Å². The molecule has 1 rings (SSSR count).